The summed E-state index contributed by atoms with van der Waals surface area (Å²) in [6.45, 7) is 3.83. The van der Waals surface area contributed by atoms with Gasteiger partial charge in [0.2, 0.25) is 0 Å². The molecule has 0 aliphatic heterocycles. The van der Waals surface area contributed by atoms with Gasteiger partial charge in [0, 0.05) is 10.6 Å². The first-order chi connectivity index (χ1) is 13.8. The molecule has 0 saturated carbocycles. The molecule has 0 radical (unpaired) electrons. The van der Waals surface area contributed by atoms with Crippen LogP contribution in [0.15, 0.2) is 70.8 Å². The fraction of sp³-hybridized carbons (Fsp3) is 0. The van der Waals surface area contributed by atoms with Crippen molar-refractivity contribution in [2.75, 3.05) is 4.72 Å². The van der Waals surface area contributed by atoms with E-state index >= 15 is 0 Å². The second kappa shape index (κ2) is 8.87. The molecular formula is C19H15Cl2N3O3S2. The van der Waals surface area contributed by atoms with Crippen LogP contribution in [0.1, 0.15) is 15.9 Å². The zero-order valence-corrected chi connectivity index (χ0v) is 17.9. The highest BCUT2D eigenvalue weighted by molar-refractivity contribution is 7.94. The van der Waals surface area contributed by atoms with Crippen molar-refractivity contribution >= 4 is 61.9 Å². The topological polar surface area (TPSA) is 87.3 Å². The number of benzene rings is 2. The van der Waals surface area contributed by atoms with Crippen molar-refractivity contribution in [3.8, 4) is 0 Å². The van der Waals surface area contributed by atoms with Gasteiger partial charge in [0.05, 0.1) is 22.0 Å². The largest absolute Gasteiger partial charge is 0.298 e. The highest BCUT2D eigenvalue weighted by atomic mass is 35.5. The van der Waals surface area contributed by atoms with Gasteiger partial charge in [0.15, 0.2) is 0 Å². The van der Waals surface area contributed by atoms with E-state index in [1.165, 1.54) is 18.2 Å². The zero-order valence-electron chi connectivity index (χ0n) is 14.8. The average Bonchev–Trinajstić information content (AvgIpc) is 3.24. The molecule has 0 spiro atoms. The van der Waals surface area contributed by atoms with Crippen LogP contribution in [0.2, 0.25) is 10.0 Å². The van der Waals surface area contributed by atoms with E-state index in [1.807, 2.05) is 0 Å². The number of amides is 1. The van der Waals surface area contributed by atoms with Gasteiger partial charge in [0.25, 0.3) is 15.9 Å². The van der Waals surface area contributed by atoms with Crippen molar-refractivity contribution in [1.82, 2.24) is 10.9 Å². The molecule has 0 unspecified atom stereocenters. The number of thiophene rings is 1. The number of hydrazine groups is 1. The standard InChI is InChI=1S/C19H15Cl2N3O3S2/c1-12(15-11-13(20)8-9-16(15)21)22-23-19(25)14-5-2-3-6-17(14)24-29(26,27)18-7-4-10-28-18/h2-11,22,24H,1H2,(H,23,25). The minimum absolute atomic E-state index is 0.130. The molecule has 0 atom stereocenters. The third kappa shape index (κ3) is 5.10. The van der Waals surface area contributed by atoms with Crippen molar-refractivity contribution < 1.29 is 13.2 Å². The fourth-order valence-corrected chi connectivity index (χ4v) is 4.85. The summed E-state index contributed by atoms with van der Waals surface area (Å²) in [7, 11) is -3.79. The number of rotatable bonds is 7. The number of carbonyl (C=O) groups excluding carboxylic acids is 1. The van der Waals surface area contributed by atoms with E-state index in [0.717, 1.165) is 11.3 Å². The Balaban J connectivity index is 1.75. The monoisotopic (exact) mass is 467 g/mol. The lowest BCUT2D eigenvalue weighted by Crippen LogP contribution is -2.36. The van der Waals surface area contributed by atoms with Gasteiger partial charge in [-0.25, -0.2) is 8.42 Å². The number of para-hydroxylation sites is 1. The van der Waals surface area contributed by atoms with E-state index < -0.39 is 15.9 Å². The van der Waals surface area contributed by atoms with Gasteiger partial charge < -0.3 is 0 Å². The van der Waals surface area contributed by atoms with Crippen molar-refractivity contribution in [2.24, 2.45) is 0 Å². The predicted molar refractivity (Wildman–Crippen MR) is 118 cm³/mol. The Morgan fingerprint density at radius 1 is 0.966 bits per heavy atom. The van der Waals surface area contributed by atoms with E-state index in [-0.39, 0.29) is 15.5 Å². The third-order valence-electron chi connectivity index (χ3n) is 3.76. The molecule has 1 amide bonds. The van der Waals surface area contributed by atoms with Crippen molar-refractivity contribution in [2.45, 2.75) is 4.21 Å². The van der Waals surface area contributed by atoms with Crippen LogP contribution in [0.3, 0.4) is 0 Å². The molecule has 1 aromatic heterocycles. The normalized spacial score (nSPS) is 11.0. The molecule has 150 valence electrons. The second-order valence-corrected chi connectivity index (χ2v) is 9.47. The van der Waals surface area contributed by atoms with Crippen LogP contribution in [0.5, 0.6) is 0 Å². The number of hydrogen-bond acceptors (Lipinski definition) is 5. The Hall–Kier alpha value is -2.52. The highest BCUT2D eigenvalue weighted by Crippen LogP contribution is 2.25. The predicted octanol–water partition coefficient (Wildman–Crippen LogP) is 4.76. The minimum Gasteiger partial charge on any atom is -0.298 e. The Labute approximate surface area is 182 Å². The first-order valence-corrected chi connectivity index (χ1v) is 11.3. The molecule has 3 aromatic rings. The summed E-state index contributed by atoms with van der Waals surface area (Å²) in [6.07, 6.45) is 0. The van der Waals surface area contributed by atoms with Gasteiger partial charge in [-0.1, -0.05) is 48.0 Å². The van der Waals surface area contributed by atoms with Crippen LogP contribution in [0.4, 0.5) is 5.69 Å². The van der Waals surface area contributed by atoms with Gasteiger partial charge in [-0.15, -0.1) is 11.3 Å². The molecule has 3 rings (SSSR count). The van der Waals surface area contributed by atoms with Gasteiger partial charge in [-0.2, -0.15) is 0 Å². The molecule has 3 N–H and O–H groups in total. The van der Waals surface area contributed by atoms with Crippen molar-refractivity contribution in [1.29, 1.82) is 0 Å². The van der Waals surface area contributed by atoms with Gasteiger partial charge in [-0.3, -0.25) is 20.4 Å². The van der Waals surface area contributed by atoms with E-state index in [0.29, 0.717) is 21.3 Å². The van der Waals surface area contributed by atoms with Crippen molar-refractivity contribution in [3.63, 3.8) is 0 Å². The van der Waals surface area contributed by atoms with E-state index in [2.05, 4.69) is 22.2 Å². The highest BCUT2D eigenvalue weighted by Gasteiger charge is 2.19. The molecule has 0 bridgehead atoms. The number of sulfonamides is 1. The lowest BCUT2D eigenvalue weighted by Gasteiger charge is -2.15. The molecule has 0 fully saturated rings. The van der Waals surface area contributed by atoms with Gasteiger partial charge in [-0.05, 0) is 41.8 Å². The molecule has 0 aliphatic rings. The second-order valence-electron chi connectivity index (χ2n) is 5.77. The average molecular weight is 468 g/mol. The lowest BCUT2D eigenvalue weighted by molar-refractivity contribution is 0.0943. The first-order valence-electron chi connectivity index (χ1n) is 8.14. The van der Waals surface area contributed by atoms with Crippen molar-refractivity contribution in [3.05, 3.63) is 87.7 Å². The molecule has 29 heavy (non-hydrogen) atoms. The number of halogens is 2. The summed E-state index contributed by atoms with van der Waals surface area (Å²) in [6, 6.07) is 14.2. The Morgan fingerprint density at radius 3 is 2.45 bits per heavy atom. The van der Waals surface area contributed by atoms with Crippen LogP contribution in [0, 0.1) is 0 Å². The fourth-order valence-electron chi connectivity index (χ4n) is 2.38. The van der Waals surface area contributed by atoms with Crippen LogP contribution < -0.4 is 15.6 Å². The van der Waals surface area contributed by atoms with E-state index in [9.17, 15) is 13.2 Å². The number of carbonyl (C=O) groups is 1. The smallest absolute Gasteiger partial charge is 0.271 e. The van der Waals surface area contributed by atoms with E-state index in [4.69, 9.17) is 23.2 Å². The quantitative estimate of drug-likeness (QED) is 0.437. The summed E-state index contributed by atoms with van der Waals surface area (Å²) in [4.78, 5) is 12.6. The molecular weight excluding hydrogens is 453 g/mol. The molecule has 6 nitrogen and oxygen atoms in total. The maximum atomic E-state index is 12.6. The molecule has 1 heterocycles. The van der Waals surface area contributed by atoms with E-state index in [1.54, 1.807) is 41.8 Å². The molecule has 0 saturated heterocycles. The molecule has 10 heteroatoms. The minimum atomic E-state index is -3.79. The summed E-state index contributed by atoms with van der Waals surface area (Å²) in [5.41, 5.74) is 6.27. The Bertz CT molecular complexity index is 1160. The van der Waals surface area contributed by atoms with Crippen LogP contribution >= 0.6 is 34.5 Å². The first kappa shape index (κ1) is 21.2. The third-order valence-corrected chi connectivity index (χ3v) is 7.08. The summed E-state index contributed by atoms with van der Waals surface area (Å²) in [5, 5.41) is 2.53. The number of hydrogen-bond donors (Lipinski definition) is 3. The van der Waals surface area contributed by atoms with Crippen LogP contribution in [-0.2, 0) is 10.0 Å². The number of nitrogens with one attached hydrogen (secondary N) is 3. The Morgan fingerprint density at radius 2 is 1.72 bits per heavy atom. The maximum absolute atomic E-state index is 12.6. The Kier molecular flexibility index (Phi) is 6.49. The van der Waals surface area contributed by atoms with Gasteiger partial charge >= 0.3 is 0 Å². The SMILES string of the molecule is C=C(NNC(=O)c1ccccc1NS(=O)(=O)c1cccs1)c1cc(Cl)ccc1Cl. The summed E-state index contributed by atoms with van der Waals surface area (Å²) >= 11 is 13.2. The maximum Gasteiger partial charge on any atom is 0.271 e. The zero-order chi connectivity index (χ0) is 21.0. The summed E-state index contributed by atoms with van der Waals surface area (Å²) in [5.74, 6) is -0.561. The van der Waals surface area contributed by atoms with Crippen LogP contribution in [-0.4, -0.2) is 14.3 Å². The number of anilines is 1. The lowest BCUT2D eigenvalue weighted by atomic mass is 10.1. The van der Waals surface area contributed by atoms with Crippen LogP contribution in [0.25, 0.3) is 5.70 Å². The molecule has 0 aliphatic carbocycles. The van der Waals surface area contributed by atoms with Gasteiger partial charge in [0.1, 0.15) is 4.21 Å². The summed E-state index contributed by atoms with van der Waals surface area (Å²) < 4.78 is 27.5. The molecule has 2 aromatic carbocycles.